The van der Waals surface area contributed by atoms with Crippen molar-refractivity contribution >= 4 is 23.3 Å². The maximum Gasteiger partial charge on any atom is 0.365 e. The van der Waals surface area contributed by atoms with Crippen LogP contribution < -0.4 is 0 Å². The van der Waals surface area contributed by atoms with Crippen LogP contribution in [0.2, 0.25) is 0 Å². The summed E-state index contributed by atoms with van der Waals surface area (Å²) in [5.74, 6) is -2.03. The van der Waals surface area contributed by atoms with E-state index >= 15 is 0 Å². The Hall–Kier alpha value is -3.41. The second-order valence-electron chi connectivity index (χ2n) is 5.09. The van der Waals surface area contributed by atoms with Crippen molar-refractivity contribution in [2.45, 2.75) is 0 Å². The van der Waals surface area contributed by atoms with Crippen LogP contribution in [0.3, 0.4) is 0 Å². The van der Waals surface area contributed by atoms with Crippen molar-refractivity contribution in [2.75, 3.05) is 0 Å². The molecule has 2 aromatic heterocycles. The molecular formula is C17H10N2O4. The highest BCUT2D eigenvalue weighted by Crippen LogP contribution is 2.23. The zero-order chi connectivity index (χ0) is 16.0. The number of pyridine rings is 1. The highest BCUT2D eigenvalue weighted by Gasteiger charge is 2.38. The number of nitrogens with zero attached hydrogens (tertiary/aromatic N) is 2. The molecule has 1 aliphatic rings. The number of imide groups is 1. The molecule has 0 saturated heterocycles. The standard InChI is InChI=1S/C17H10N2O4/c20-15-13-6-1-2-7-14(13)16(21)19(15)23-17(22)11-9-12-5-3-4-8-18(12)10-11/h1-10H. The Labute approximate surface area is 130 Å². The zero-order valence-electron chi connectivity index (χ0n) is 11.8. The summed E-state index contributed by atoms with van der Waals surface area (Å²) in [7, 11) is 0. The second kappa shape index (κ2) is 4.81. The minimum Gasteiger partial charge on any atom is -0.324 e. The van der Waals surface area contributed by atoms with E-state index in [0.29, 0.717) is 5.06 Å². The Balaban J connectivity index is 1.62. The van der Waals surface area contributed by atoms with E-state index in [1.165, 1.54) is 12.1 Å². The SMILES string of the molecule is O=C(ON1C(=O)c2ccccc2C1=O)c1cc2ccccn2c1. The van der Waals surface area contributed by atoms with Gasteiger partial charge in [0.2, 0.25) is 0 Å². The van der Waals surface area contributed by atoms with Crippen LogP contribution in [0.1, 0.15) is 31.1 Å². The number of carbonyl (C=O) groups excluding carboxylic acids is 3. The zero-order valence-corrected chi connectivity index (χ0v) is 11.8. The summed E-state index contributed by atoms with van der Waals surface area (Å²) in [5.41, 5.74) is 1.52. The van der Waals surface area contributed by atoms with Crippen LogP contribution in [0.4, 0.5) is 0 Å². The van der Waals surface area contributed by atoms with Crippen LogP contribution in [-0.2, 0) is 4.84 Å². The smallest absolute Gasteiger partial charge is 0.324 e. The molecule has 112 valence electrons. The number of aromatic nitrogens is 1. The Bertz CT molecular complexity index is 905. The lowest BCUT2D eigenvalue weighted by molar-refractivity contribution is -0.0584. The van der Waals surface area contributed by atoms with E-state index in [1.807, 2.05) is 18.2 Å². The fraction of sp³-hybridized carbons (Fsp3) is 0. The first-order valence-corrected chi connectivity index (χ1v) is 6.92. The van der Waals surface area contributed by atoms with Gasteiger partial charge in [-0.05, 0) is 30.3 Å². The van der Waals surface area contributed by atoms with Crippen LogP contribution in [0, 0.1) is 0 Å². The fourth-order valence-electron chi connectivity index (χ4n) is 2.55. The summed E-state index contributed by atoms with van der Waals surface area (Å²) in [6, 6.07) is 13.5. The molecule has 2 amide bonds. The van der Waals surface area contributed by atoms with E-state index < -0.39 is 17.8 Å². The Kier molecular flexibility index (Phi) is 2.77. The third kappa shape index (κ3) is 2.00. The van der Waals surface area contributed by atoms with Gasteiger partial charge in [0.25, 0.3) is 11.8 Å². The average Bonchev–Trinajstić information content (AvgIpc) is 3.11. The molecule has 3 heterocycles. The highest BCUT2D eigenvalue weighted by molar-refractivity contribution is 6.21. The largest absolute Gasteiger partial charge is 0.365 e. The molecule has 4 rings (SSSR count). The fourth-order valence-corrected chi connectivity index (χ4v) is 2.55. The maximum absolute atomic E-state index is 12.2. The van der Waals surface area contributed by atoms with Gasteiger partial charge in [-0.2, -0.15) is 0 Å². The first kappa shape index (κ1) is 13.3. The van der Waals surface area contributed by atoms with E-state index in [-0.39, 0.29) is 16.7 Å². The van der Waals surface area contributed by atoms with Gasteiger partial charge in [0.15, 0.2) is 0 Å². The molecule has 23 heavy (non-hydrogen) atoms. The monoisotopic (exact) mass is 306 g/mol. The van der Waals surface area contributed by atoms with Crippen LogP contribution in [0.25, 0.3) is 5.52 Å². The molecule has 3 aromatic rings. The number of amides is 2. The van der Waals surface area contributed by atoms with Gasteiger partial charge in [0, 0.05) is 17.9 Å². The van der Waals surface area contributed by atoms with E-state index in [1.54, 1.807) is 35.0 Å². The number of fused-ring (bicyclic) bond motifs is 2. The normalized spacial score (nSPS) is 13.5. The number of hydrogen-bond donors (Lipinski definition) is 0. The van der Waals surface area contributed by atoms with Crippen LogP contribution in [-0.4, -0.2) is 27.2 Å². The van der Waals surface area contributed by atoms with Gasteiger partial charge in [-0.15, -0.1) is 0 Å². The van der Waals surface area contributed by atoms with E-state index in [0.717, 1.165) is 5.52 Å². The first-order valence-electron chi connectivity index (χ1n) is 6.92. The summed E-state index contributed by atoms with van der Waals surface area (Å²) >= 11 is 0. The molecule has 1 aromatic carbocycles. The van der Waals surface area contributed by atoms with Crippen molar-refractivity contribution in [2.24, 2.45) is 0 Å². The lowest BCUT2D eigenvalue weighted by Gasteiger charge is -2.11. The predicted octanol–water partition coefficient (Wildman–Crippen LogP) is 2.31. The molecule has 0 atom stereocenters. The number of benzene rings is 1. The third-order valence-corrected chi connectivity index (χ3v) is 3.67. The van der Waals surface area contributed by atoms with Crippen molar-refractivity contribution in [1.29, 1.82) is 0 Å². The van der Waals surface area contributed by atoms with Gasteiger partial charge in [-0.25, -0.2) is 4.79 Å². The molecule has 1 aliphatic heterocycles. The van der Waals surface area contributed by atoms with Crippen molar-refractivity contribution in [1.82, 2.24) is 9.46 Å². The van der Waals surface area contributed by atoms with Gasteiger partial charge in [-0.1, -0.05) is 23.3 Å². The maximum atomic E-state index is 12.2. The average molecular weight is 306 g/mol. The minimum atomic E-state index is -0.761. The quantitative estimate of drug-likeness (QED) is 0.681. The van der Waals surface area contributed by atoms with E-state index in [2.05, 4.69) is 0 Å². The number of hydroxylamine groups is 2. The van der Waals surface area contributed by atoms with Crippen molar-refractivity contribution < 1.29 is 19.2 Å². The molecule has 6 heteroatoms. The molecule has 0 fully saturated rings. The number of carbonyl (C=O) groups is 3. The predicted molar refractivity (Wildman–Crippen MR) is 79.8 cm³/mol. The van der Waals surface area contributed by atoms with Crippen LogP contribution in [0.5, 0.6) is 0 Å². The summed E-state index contributed by atoms with van der Waals surface area (Å²) < 4.78 is 1.75. The summed E-state index contributed by atoms with van der Waals surface area (Å²) in [5, 5.41) is 0.509. The van der Waals surface area contributed by atoms with Gasteiger partial charge in [0.1, 0.15) is 0 Å². The molecule has 0 N–H and O–H groups in total. The van der Waals surface area contributed by atoms with Crippen molar-refractivity contribution in [3.8, 4) is 0 Å². The topological polar surface area (TPSA) is 68.1 Å². The Morgan fingerprint density at radius 3 is 2.22 bits per heavy atom. The van der Waals surface area contributed by atoms with Gasteiger partial charge in [0.05, 0.1) is 16.7 Å². The second-order valence-corrected chi connectivity index (χ2v) is 5.09. The number of hydrogen-bond acceptors (Lipinski definition) is 4. The highest BCUT2D eigenvalue weighted by atomic mass is 16.7. The van der Waals surface area contributed by atoms with Crippen molar-refractivity contribution in [3.63, 3.8) is 0 Å². The van der Waals surface area contributed by atoms with E-state index in [4.69, 9.17) is 4.84 Å². The summed E-state index contributed by atoms with van der Waals surface area (Å²) in [6.07, 6.45) is 3.37. The molecular weight excluding hydrogens is 296 g/mol. The Morgan fingerprint density at radius 1 is 0.913 bits per heavy atom. The first-order chi connectivity index (χ1) is 11.1. The number of rotatable bonds is 2. The van der Waals surface area contributed by atoms with Gasteiger partial charge >= 0.3 is 5.97 Å². The lowest BCUT2D eigenvalue weighted by atomic mass is 10.1. The van der Waals surface area contributed by atoms with Crippen LogP contribution in [0.15, 0.2) is 60.9 Å². The molecule has 0 saturated carbocycles. The van der Waals surface area contributed by atoms with Gasteiger partial charge in [-0.3, -0.25) is 9.59 Å². The molecule has 0 spiro atoms. The van der Waals surface area contributed by atoms with Gasteiger partial charge < -0.3 is 9.24 Å². The third-order valence-electron chi connectivity index (χ3n) is 3.67. The molecule has 0 aliphatic carbocycles. The Morgan fingerprint density at radius 2 is 1.57 bits per heavy atom. The summed E-state index contributed by atoms with van der Waals surface area (Å²) in [4.78, 5) is 41.6. The lowest BCUT2D eigenvalue weighted by Crippen LogP contribution is -2.32. The van der Waals surface area contributed by atoms with Crippen molar-refractivity contribution in [3.05, 3.63) is 77.6 Å². The van der Waals surface area contributed by atoms with Crippen LogP contribution >= 0.6 is 0 Å². The molecule has 0 bridgehead atoms. The summed E-state index contributed by atoms with van der Waals surface area (Å²) in [6.45, 7) is 0. The molecule has 0 unspecified atom stereocenters. The molecule has 6 nitrogen and oxygen atoms in total. The minimum absolute atomic E-state index is 0.229. The molecule has 0 radical (unpaired) electrons. The van der Waals surface area contributed by atoms with E-state index in [9.17, 15) is 14.4 Å².